The van der Waals surface area contributed by atoms with Gasteiger partial charge in [0.05, 0.1) is 31.2 Å². The van der Waals surface area contributed by atoms with Gasteiger partial charge in [-0.3, -0.25) is 4.79 Å². The number of carbonyl (C=O) groups is 1. The van der Waals surface area contributed by atoms with Crippen LogP contribution in [0.15, 0.2) is 41.0 Å². The lowest BCUT2D eigenvalue weighted by Gasteiger charge is -2.12. The van der Waals surface area contributed by atoms with Crippen molar-refractivity contribution in [1.29, 1.82) is 0 Å². The smallest absolute Gasteiger partial charge is 0.433 e. The standard InChI is InChI=1S/C19H13ClF3N5O4/c1-30-13-7-10(14(31-2)6-9(13)20)24-17(29)16-26-18-25-11(12-4-3-5-32-12)8-15(19(21,22)23)28(18)27-16/h3-8H,1-2H3,(H,24,29). The highest BCUT2D eigenvalue weighted by atomic mass is 35.5. The zero-order valence-electron chi connectivity index (χ0n) is 16.4. The Morgan fingerprint density at radius 2 is 1.91 bits per heavy atom. The largest absolute Gasteiger partial charge is 0.495 e. The molecule has 0 unspecified atom stereocenters. The lowest BCUT2D eigenvalue weighted by molar-refractivity contribution is -0.142. The maximum atomic E-state index is 13.6. The van der Waals surface area contributed by atoms with Crippen LogP contribution in [0.2, 0.25) is 5.02 Å². The lowest BCUT2D eigenvalue weighted by Crippen LogP contribution is -2.16. The molecular weight excluding hydrogens is 455 g/mol. The van der Waals surface area contributed by atoms with E-state index in [0.29, 0.717) is 4.52 Å². The summed E-state index contributed by atoms with van der Waals surface area (Å²) in [6.07, 6.45) is -3.50. The average molecular weight is 468 g/mol. The Hall–Kier alpha value is -3.80. The number of nitrogens with one attached hydrogen (secondary N) is 1. The van der Waals surface area contributed by atoms with E-state index in [1.54, 1.807) is 0 Å². The second-order valence-corrected chi connectivity index (χ2v) is 6.70. The van der Waals surface area contributed by atoms with Crippen LogP contribution in [0.25, 0.3) is 17.2 Å². The third-order valence-electron chi connectivity index (χ3n) is 4.30. The van der Waals surface area contributed by atoms with E-state index in [1.165, 1.54) is 44.7 Å². The van der Waals surface area contributed by atoms with Crippen LogP contribution < -0.4 is 14.8 Å². The Labute approximate surface area is 182 Å². The second-order valence-electron chi connectivity index (χ2n) is 6.29. The van der Waals surface area contributed by atoms with Gasteiger partial charge in [0.1, 0.15) is 17.2 Å². The van der Waals surface area contributed by atoms with Crippen LogP contribution in [0.5, 0.6) is 11.5 Å². The Kier molecular flexibility index (Phi) is 5.38. The van der Waals surface area contributed by atoms with Gasteiger partial charge in [-0.2, -0.15) is 22.7 Å². The molecule has 3 aromatic heterocycles. The third kappa shape index (κ3) is 3.91. The molecule has 1 aromatic carbocycles. The Morgan fingerprint density at radius 3 is 2.53 bits per heavy atom. The maximum Gasteiger partial charge on any atom is 0.433 e. The molecular formula is C19H13ClF3N5O4. The zero-order valence-corrected chi connectivity index (χ0v) is 17.2. The number of anilines is 1. The van der Waals surface area contributed by atoms with Gasteiger partial charge in [0.2, 0.25) is 5.82 Å². The molecule has 0 saturated heterocycles. The first-order valence-electron chi connectivity index (χ1n) is 8.83. The highest BCUT2D eigenvalue weighted by Crippen LogP contribution is 2.36. The van der Waals surface area contributed by atoms with Gasteiger partial charge >= 0.3 is 6.18 Å². The summed E-state index contributed by atoms with van der Waals surface area (Å²) in [5.74, 6) is -1.33. The molecule has 1 amide bonds. The van der Waals surface area contributed by atoms with Crippen LogP contribution >= 0.6 is 11.6 Å². The van der Waals surface area contributed by atoms with Gasteiger partial charge < -0.3 is 19.2 Å². The SMILES string of the molecule is COc1cc(NC(=O)c2nc3nc(-c4ccco4)cc(C(F)(F)F)n3n2)c(OC)cc1Cl. The Morgan fingerprint density at radius 1 is 1.16 bits per heavy atom. The number of hydrogen-bond donors (Lipinski definition) is 1. The number of fused-ring (bicyclic) bond motifs is 1. The van der Waals surface area contributed by atoms with Gasteiger partial charge in [0, 0.05) is 12.1 Å². The van der Waals surface area contributed by atoms with E-state index in [1.807, 2.05) is 0 Å². The van der Waals surface area contributed by atoms with Gasteiger partial charge in [-0.1, -0.05) is 11.6 Å². The van der Waals surface area contributed by atoms with Crippen LogP contribution in [0.4, 0.5) is 18.9 Å². The molecule has 0 aliphatic rings. The van der Waals surface area contributed by atoms with Gasteiger partial charge in [0.15, 0.2) is 11.5 Å². The summed E-state index contributed by atoms with van der Waals surface area (Å²) in [5, 5.41) is 6.40. The average Bonchev–Trinajstić information content (AvgIpc) is 3.42. The maximum absolute atomic E-state index is 13.6. The number of ether oxygens (including phenoxy) is 2. The summed E-state index contributed by atoms with van der Waals surface area (Å²) in [5.41, 5.74) is -1.14. The van der Waals surface area contributed by atoms with Crippen molar-refractivity contribution in [3.63, 3.8) is 0 Å². The summed E-state index contributed by atoms with van der Waals surface area (Å²) < 4.78 is 56.7. The molecule has 0 radical (unpaired) electrons. The number of nitrogens with zero attached hydrogens (tertiary/aromatic N) is 4. The fourth-order valence-corrected chi connectivity index (χ4v) is 3.08. The van der Waals surface area contributed by atoms with Crippen molar-refractivity contribution < 1.29 is 31.9 Å². The van der Waals surface area contributed by atoms with Crippen molar-refractivity contribution in [2.45, 2.75) is 6.18 Å². The highest BCUT2D eigenvalue weighted by molar-refractivity contribution is 6.32. The van der Waals surface area contributed by atoms with Gasteiger partial charge in [0.25, 0.3) is 11.7 Å². The molecule has 3 heterocycles. The minimum atomic E-state index is -4.79. The van der Waals surface area contributed by atoms with Crippen LogP contribution in [0, 0.1) is 0 Å². The predicted octanol–water partition coefficient (Wildman–Crippen LogP) is 4.33. The predicted molar refractivity (Wildman–Crippen MR) is 106 cm³/mol. The van der Waals surface area contributed by atoms with Crippen molar-refractivity contribution >= 4 is 29.0 Å². The summed E-state index contributed by atoms with van der Waals surface area (Å²) in [4.78, 5) is 20.6. The number of rotatable bonds is 5. The molecule has 166 valence electrons. The number of carbonyl (C=O) groups excluding carboxylic acids is 1. The molecule has 0 spiro atoms. The minimum absolute atomic E-state index is 0.102. The van der Waals surface area contributed by atoms with Crippen LogP contribution in [0.1, 0.15) is 16.3 Å². The van der Waals surface area contributed by atoms with Crippen molar-refractivity contribution in [2.75, 3.05) is 19.5 Å². The van der Waals surface area contributed by atoms with Crippen LogP contribution in [-0.4, -0.2) is 39.7 Å². The number of aromatic nitrogens is 4. The number of benzene rings is 1. The van der Waals surface area contributed by atoms with E-state index in [0.717, 1.165) is 6.07 Å². The van der Waals surface area contributed by atoms with E-state index < -0.39 is 29.4 Å². The molecule has 9 nitrogen and oxygen atoms in total. The first kappa shape index (κ1) is 21.4. The van der Waals surface area contributed by atoms with Crippen molar-refractivity contribution in [3.8, 4) is 23.0 Å². The van der Waals surface area contributed by atoms with Crippen LogP contribution in [-0.2, 0) is 6.18 Å². The summed E-state index contributed by atoms with van der Waals surface area (Å²) >= 11 is 6.04. The molecule has 0 aliphatic heterocycles. The van der Waals surface area contributed by atoms with Crippen molar-refractivity contribution in [1.82, 2.24) is 19.6 Å². The normalized spacial score (nSPS) is 11.6. The molecule has 0 saturated carbocycles. The summed E-state index contributed by atoms with van der Waals surface area (Å²) in [6.45, 7) is 0. The monoisotopic (exact) mass is 467 g/mol. The van der Waals surface area contributed by atoms with Gasteiger partial charge in [-0.25, -0.2) is 4.98 Å². The number of furan rings is 1. The molecule has 0 fully saturated rings. The molecule has 4 rings (SSSR count). The fraction of sp³-hybridized carbons (Fsp3) is 0.158. The number of halogens is 4. The number of methoxy groups -OCH3 is 2. The van der Waals surface area contributed by atoms with E-state index in [9.17, 15) is 18.0 Å². The van der Waals surface area contributed by atoms with Crippen molar-refractivity contribution in [2.24, 2.45) is 0 Å². The zero-order chi connectivity index (χ0) is 23.0. The highest BCUT2D eigenvalue weighted by Gasteiger charge is 2.36. The van der Waals surface area contributed by atoms with E-state index >= 15 is 0 Å². The first-order chi connectivity index (χ1) is 15.2. The number of hydrogen-bond acceptors (Lipinski definition) is 7. The van der Waals surface area contributed by atoms with Gasteiger partial charge in [-0.05, 0) is 18.2 Å². The Balaban J connectivity index is 1.76. The molecule has 32 heavy (non-hydrogen) atoms. The lowest BCUT2D eigenvalue weighted by atomic mass is 10.2. The topological polar surface area (TPSA) is 104 Å². The van der Waals surface area contributed by atoms with E-state index in [4.69, 9.17) is 25.5 Å². The summed E-state index contributed by atoms with van der Waals surface area (Å²) in [7, 11) is 2.73. The van der Waals surface area contributed by atoms with Gasteiger partial charge in [-0.15, -0.1) is 5.10 Å². The molecule has 0 bridgehead atoms. The summed E-state index contributed by atoms with van der Waals surface area (Å²) in [6, 6.07) is 6.51. The number of alkyl halides is 3. The minimum Gasteiger partial charge on any atom is -0.495 e. The quantitative estimate of drug-likeness (QED) is 0.466. The molecule has 0 atom stereocenters. The fourth-order valence-electron chi connectivity index (χ4n) is 2.85. The first-order valence-corrected chi connectivity index (χ1v) is 9.21. The number of amides is 1. The van der Waals surface area contributed by atoms with E-state index in [2.05, 4.69) is 20.4 Å². The van der Waals surface area contributed by atoms with Crippen LogP contribution in [0.3, 0.4) is 0 Å². The Bertz CT molecular complexity index is 1300. The molecule has 4 aromatic rings. The molecule has 1 N–H and O–H groups in total. The molecule has 13 heteroatoms. The second kappa shape index (κ2) is 8.04. The molecule has 0 aliphatic carbocycles. The van der Waals surface area contributed by atoms with E-state index in [-0.39, 0.29) is 33.7 Å². The van der Waals surface area contributed by atoms with Crippen molar-refractivity contribution in [3.05, 3.63) is 53.1 Å². The third-order valence-corrected chi connectivity index (χ3v) is 4.60.